The molecule has 0 unspecified atom stereocenters. The van der Waals surface area contributed by atoms with Gasteiger partial charge in [-0.05, 0) is 43.9 Å². The summed E-state index contributed by atoms with van der Waals surface area (Å²) in [4.78, 5) is 23.2. The van der Waals surface area contributed by atoms with Gasteiger partial charge in [-0.3, -0.25) is 4.79 Å². The van der Waals surface area contributed by atoms with Crippen LogP contribution in [0, 0.1) is 12.8 Å². The number of benzene rings is 1. The van der Waals surface area contributed by atoms with Gasteiger partial charge >= 0.3 is 6.18 Å². The van der Waals surface area contributed by atoms with Crippen molar-refractivity contribution in [3.63, 3.8) is 0 Å². The number of nitrogens with one attached hydrogen (secondary N) is 1. The zero-order chi connectivity index (χ0) is 19.6. The number of nitrogens with zero attached hydrogens (tertiary/aromatic N) is 3. The van der Waals surface area contributed by atoms with Crippen LogP contribution in [0.4, 0.5) is 24.8 Å². The lowest BCUT2D eigenvalue weighted by molar-refractivity contribution is -0.136. The van der Waals surface area contributed by atoms with E-state index in [0.717, 1.165) is 32.0 Å². The van der Waals surface area contributed by atoms with E-state index in [1.54, 1.807) is 6.92 Å². The molecule has 2 heterocycles. The van der Waals surface area contributed by atoms with E-state index < -0.39 is 17.6 Å². The summed E-state index contributed by atoms with van der Waals surface area (Å²) in [7, 11) is 0. The molecule has 144 valence electrons. The largest absolute Gasteiger partial charge is 0.418 e. The molecule has 1 aromatic heterocycles. The van der Waals surface area contributed by atoms with Crippen LogP contribution in [0.1, 0.15) is 41.5 Å². The maximum Gasteiger partial charge on any atom is 0.418 e. The third kappa shape index (κ3) is 4.56. The zero-order valence-electron chi connectivity index (χ0n) is 15.2. The number of aryl methyl sites for hydroxylation is 1. The van der Waals surface area contributed by atoms with E-state index in [4.69, 9.17) is 0 Å². The summed E-state index contributed by atoms with van der Waals surface area (Å²) in [6.07, 6.45) is -2.53. The second kappa shape index (κ2) is 7.54. The smallest absolute Gasteiger partial charge is 0.341 e. The molecule has 8 heteroatoms. The van der Waals surface area contributed by atoms with Crippen LogP contribution in [0.25, 0.3) is 0 Å². The van der Waals surface area contributed by atoms with Crippen LogP contribution in [0.5, 0.6) is 0 Å². The Morgan fingerprint density at radius 1 is 1.19 bits per heavy atom. The van der Waals surface area contributed by atoms with Gasteiger partial charge in [-0.1, -0.05) is 19.1 Å². The maximum atomic E-state index is 13.1. The number of hydrogen-bond acceptors (Lipinski definition) is 4. The van der Waals surface area contributed by atoms with Crippen molar-refractivity contribution in [2.45, 2.75) is 32.9 Å². The number of piperidine rings is 1. The first-order valence-electron chi connectivity index (χ1n) is 8.82. The van der Waals surface area contributed by atoms with Crippen molar-refractivity contribution in [1.29, 1.82) is 0 Å². The lowest BCUT2D eigenvalue weighted by atomic mass is 10.00. The summed E-state index contributed by atoms with van der Waals surface area (Å²) in [5, 5.41) is 2.33. The average Bonchev–Trinajstić information content (AvgIpc) is 2.61. The van der Waals surface area contributed by atoms with Crippen molar-refractivity contribution < 1.29 is 18.0 Å². The summed E-state index contributed by atoms with van der Waals surface area (Å²) < 4.78 is 39.4. The molecule has 0 radical (unpaired) electrons. The van der Waals surface area contributed by atoms with Gasteiger partial charge in [0.2, 0.25) is 5.95 Å². The number of alkyl halides is 3. The Morgan fingerprint density at radius 3 is 2.52 bits per heavy atom. The van der Waals surface area contributed by atoms with E-state index in [-0.39, 0.29) is 11.4 Å². The van der Waals surface area contributed by atoms with Gasteiger partial charge in [0, 0.05) is 18.8 Å². The molecule has 0 aliphatic carbocycles. The Labute approximate surface area is 155 Å². The first-order valence-corrected chi connectivity index (χ1v) is 8.82. The number of halogens is 3. The molecule has 1 aliphatic heterocycles. The summed E-state index contributed by atoms with van der Waals surface area (Å²) >= 11 is 0. The highest BCUT2D eigenvalue weighted by molar-refractivity contribution is 6.03. The molecule has 0 bridgehead atoms. The molecule has 0 saturated carbocycles. The minimum atomic E-state index is -4.55. The second-order valence-electron chi connectivity index (χ2n) is 6.86. The quantitative estimate of drug-likeness (QED) is 0.866. The fourth-order valence-corrected chi connectivity index (χ4v) is 3.04. The van der Waals surface area contributed by atoms with Crippen LogP contribution >= 0.6 is 0 Å². The Balaban J connectivity index is 1.84. The molecule has 2 aromatic rings. The van der Waals surface area contributed by atoms with Gasteiger partial charge in [-0.15, -0.1) is 0 Å². The Kier molecular flexibility index (Phi) is 5.34. The predicted molar refractivity (Wildman–Crippen MR) is 96.8 cm³/mol. The van der Waals surface area contributed by atoms with E-state index in [1.807, 2.05) is 4.90 Å². The maximum absolute atomic E-state index is 13.1. The summed E-state index contributed by atoms with van der Waals surface area (Å²) in [5.41, 5.74) is -0.546. The van der Waals surface area contributed by atoms with Gasteiger partial charge in [0.05, 0.1) is 11.3 Å². The van der Waals surface area contributed by atoms with Crippen LogP contribution in [0.3, 0.4) is 0 Å². The van der Waals surface area contributed by atoms with Gasteiger partial charge < -0.3 is 10.2 Å². The van der Waals surface area contributed by atoms with Crippen molar-refractivity contribution in [1.82, 2.24) is 9.97 Å². The molecule has 3 rings (SSSR count). The number of hydrogen-bond donors (Lipinski definition) is 1. The van der Waals surface area contributed by atoms with Crippen LogP contribution in [-0.2, 0) is 6.18 Å². The standard InChI is InChI=1S/C19H21F3N4O/c1-12-7-9-26(10-8-12)18-23-13(2)11-16(25-18)17(27)24-15-6-4-3-5-14(15)19(20,21)22/h3-6,11-12H,7-10H2,1-2H3,(H,24,27). The topological polar surface area (TPSA) is 58.1 Å². The molecule has 5 nitrogen and oxygen atoms in total. The number of carbonyl (C=O) groups excluding carboxylic acids is 1. The fraction of sp³-hybridized carbons (Fsp3) is 0.421. The van der Waals surface area contributed by atoms with Gasteiger partial charge in [-0.2, -0.15) is 13.2 Å². The van der Waals surface area contributed by atoms with Gasteiger partial charge in [0.15, 0.2) is 0 Å². The van der Waals surface area contributed by atoms with Crippen molar-refractivity contribution in [2.24, 2.45) is 5.92 Å². The number of para-hydroxylation sites is 1. The van der Waals surface area contributed by atoms with Gasteiger partial charge in [0.25, 0.3) is 5.91 Å². The van der Waals surface area contributed by atoms with E-state index in [9.17, 15) is 18.0 Å². The molecule has 0 spiro atoms. The molecule has 1 fully saturated rings. The Bertz CT molecular complexity index is 830. The minimum Gasteiger partial charge on any atom is -0.341 e. The van der Waals surface area contributed by atoms with Gasteiger partial charge in [-0.25, -0.2) is 9.97 Å². The molecule has 1 amide bonds. The van der Waals surface area contributed by atoms with Gasteiger partial charge in [0.1, 0.15) is 5.69 Å². The highest BCUT2D eigenvalue weighted by Gasteiger charge is 2.33. The zero-order valence-corrected chi connectivity index (χ0v) is 15.2. The number of aromatic nitrogens is 2. The van der Waals surface area contributed by atoms with Crippen LogP contribution < -0.4 is 10.2 Å². The first kappa shape index (κ1) is 19.1. The van der Waals surface area contributed by atoms with Crippen molar-refractivity contribution in [3.05, 3.63) is 47.3 Å². The summed E-state index contributed by atoms with van der Waals surface area (Å²) in [6, 6.07) is 6.35. The molecule has 1 aromatic carbocycles. The second-order valence-corrected chi connectivity index (χ2v) is 6.86. The van der Waals surface area contributed by atoms with Crippen molar-refractivity contribution in [2.75, 3.05) is 23.3 Å². The Hall–Kier alpha value is -2.64. The third-order valence-corrected chi connectivity index (χ3v) is 4.62. The molecule has 0 atom stereocenters. The summed E-state index contributed by atoms with van der Waals surface area (Å²) in [5.74, 6) is 0.382. The highest BCUT2D eigenvalue weighted by atomic mass is 19.4. The number of rotatable bonds is 3. The van der Waals surface area contributed by atoms with E-state index >= 15 is 0 Å². The normalized spacial score (nSPS) is 15.7. The number of anilines is 2. The molecular formula is C19H21F3N4O. The lowest BCUT2D eigenvalue weighted by Gasteiger charge is -2.30. The van der Waals surface area contributed by atoms with E-state index in [1.165, 1.54) is 24.3 Å². The SMILES string of the molecule is Cc1cc(C(=O)Nc2ccccc2C(F)(F)F)nc(N2CCC(C)CC2)n1. The molecule has 1 saturated heterocycles. The van der Waals surface area contributed by atoms with Crippen molar-refractivity contribution >= 4 is 17.5 Å². The summed E-state index contributed by atoms with van der Waals surface area (Å²) in [6.45, 7) is 5.51. The van der Waals surface area contributed by atoms with Crippen LogP contribution in [-0.4, -0.2) is 29.0 Å². The monoisotopic (exact) mass is 378 g/mol. The molecule has 1 N–H and O–H groups in total. The molecule has 1 aliphatic rings. The average molecular weight is 378 g/mol. The Morgan fingerprint density at radius 2 is 1.85 bits per heavy atom. The number of amides is 1. The highest BCUT2D eigenvalue weighted by Crippen LogP contribution is 2.34. The molecule has 27 heavy (non-hydrogen) atoms. The van der Waals surface area contributed by atoms with Crippen LogP contribution in [0.2, 0.25) is 0 Å². The number of carbonyl (C=O) groups is 1. The third-order valence-electron chi connectivity index (χ3n) is 4.62. The van der Waals surface area contributed by atoms with E-state index in [0.29, 0.717) is 17.6 Å². The minimum absolute atomic E-state index is 0.0492. The molecular weight excluding hydrogens is 357 g/mol. The lowest BCUT2D eigenvalue weighted by Crippen LogP contribution is -2.34. The first-order chi connectivity index (χ1) is 12.7. The fourth-order valence-electron chi connectivity index (χ4n) is 3.04. The van der Waals surface area contributed by atoms with E-state index in [2.05, 4.69) is 22.2 Å². The van der Waals surface area contributed by atoms with Crippen LogP contribution in [0.15, 0.2) is 30.3 Å². The predicted octanol–water partition coefficient (Wildman–Crippen LogP) is 4.29. The van der Waals surface area contributed by atoms with Crippen molar-refractivity contribution in [3.8, 4) is 0 Å².